The van der Waals surface area contributed by atoms with E-state index in [1.54, 1.807) is 19.2 Å². The third-order valence-electron chi connectivity index (χ3n) is 3.63. The van der Waals surface area contributed by atoms with Crippen molar-refractivity contribution in [2.45, 2.75) is 38.1 Å². The second-order valence-electron chi connectivity index (χ2n) is 5.04. The van der Waals surface area contributed by atoms with E-state index in [2.05, 4.69) is 5.32 Å². The van der Waals surface area contributed by atoms with Crippen LogP contribution >= 0.6 is 11.6 Å². The highest BCUT2D eigenvalue weighted by Gasteiger charge is 2.36. The van der Waals surface area contributed by atoms with Gasteiger partial charge in [-0.3, -0.25) is 4.79 Å². The number of amides is 1. The molecular weight excluding hydrogens is 264 g/mol. The highest BCUT2D eigenvalue weighted by molar-refractivity contribution is 6.32. The normalized spacial score (nSPS) is 17.3. The smallest absolute Gasteiger partial charge is 0.221 e. The van der Waals surface area contributed by atoms with E-state index in [-0.39, 0.29) is 5.91 Å². The molecule has 4 nitrogen and oxygen atoms in total. The summed E-state index contributed by atoms with van der Waals surface area (Å²) in [6.07, 6.45) is 3.88. The summed E-state index contributed by atoms with van der Waals surface area (Å²) in [5.41, 5.74) is 7.40. The van der Waals surface area contributed by atoms with Gasteiger partial charge in [-0.25, -0.2) is 0 Å². The van der Waals surface area contributed by atoms with Crippen LogP contribution in [0.25, 0.3) is 0 Å². The Morgan fingerprint density at radius 2 is 2.05 bits per heavy atom. The zero-order valence-electron chi connectivity index (χ0n) is 11.3. The zero-order chi connectivity index (χ0) is 14.0. The fourth-order valence-corrected chi connectivity index (χ4v) is 3.12. The number of carbonyl (C=O) groups is 1. The fourth-order valence-electron chi connectivity index (χ4n) is 2.77. The zero-order valence-corrected chi connectivity index (χ0v) is 12.0. The molecule has 1 aliphatic rings. The molecule has 0 aromatic heterocycles. The van der Waals surface area contributed by atoms with E-state index in [1.165, 1.54) is 6.92 Å². The lowest BCUT2D eigenvalue weighted by Gasteiger charge is -2.29. The highest BCUT2D eigenvalue weighted by Crippen LogP contribution is 2.46. The number of hydrogen-bond acceptors (Lipinski definition) is 3. The number of methoxy groups -OCH3 is 1. The Morgan fingerprint density at radius 3 is 2.58 bits per heavy atom. The first kappa shape index (κ1) is 14.2. The molecule has 1 fully saturated rings. The molecule has 0 bridgehead atoms. The van der Waals surface area contributed by atoms with Crippen molar-refractivity contribution in [2.24, 2.45) is 5.73 Å². The molecule has 1 aliphatic carbocycles. The molecule has 0 atom stereocenters. The molecule has 0 radical (unpaired) electrons. The van der Waals surface area contributed by atoms with Crippen molar-refractivity contribution < 1.29 is 9.53 Å². The summed E-state index contributed by atoms with van der Waals surface area (Å²) in [6, 6.07) is 3.52. The maximum Gasteiger partial charge on any atom is 0.221 e. The second kappa shape index (κ2) is 5.39. The summed E-state index contributed by atoms with van der Waals surface area (Å²) < 4.78 is 5.32. The number of carbonyl (C=O) groups excluding carboxylic acids is 1. The van der Waals surface area contributed by atoms with Gasteiger partial charge in [0.2, 0.25) is 5.91 Å². The number of anilines is 1. The second-order valence-corrected chi connectivity index (χ2v) is 5.45. The molecule has 19 heavy (non-hydrogen) atoms. The van der Waals surface area contributed by atoms with Gasteiger partial charge < -0.3 is 15.8 Å². The predicted molar refractivity (Wildman–Crippen MR) is 76.6 cm³/mol. The standard InChI is InChI=1S/C14H19ClN2O2/c1-9(18)17-13-11(19-2)6-5-10(15)12(13)14(16)7-3-4-8-14/h5-6H,3-4,7-8,16H2,1-2H3,(H,17,18). The Balaban J connectivity index is 2.59. The SMILES string of the molecule is COc1ccc(Cl)c(C2(N)CCCC2)c1NC(C)=O. The van der Waals surface area contributed by atoms with Gasteiger partial charge in [0, 0.05) is 23.0 Å². The van der Waals surface area contributed by atoms with Crippen LogP contribution in [0, 0.1) is 0 Å². The number of benzene rings is 1. The minimum Gasteiger partial charge on any atom is -0.495 e. The van der Waals surface area contributed by atoms with E-state index >= 15 is 0 Å². The summed E-state index contributed by atoms with van der Waals surface area (Å²) in [4.78, 5) is 11.4. The van der Waals surface area contributed by atoms with E-state index < -0.39 is 5.54 Å². The first-order valence-electron chi connectivity index (χ1n) is 6.41. The Bertz CT molecular complexity index is 496. The van der Waals surface area contributed by atoms with E-state index in [4.69, 9.17) is 22.1 Å². The Morgan fingerprint density at radius 1 is 1.42 bits per heavy atom. The monoisotopic (exact) mass is 282 g/mol. The third-order valence-corrected chi connectivity index (χ3v) is 3.95. The van der Waals surface area contributed by atoms with Crippen LogP contribution in [0.2, 0.25) is 5.02 Å². The predicted octanol–water partition coefficient (Wildman–Crippen LogP) is 3.04. The number of halogens is 1. The van der Waals surface area contributed by atoms with Gasteiger partial charge in [0.15, 0.2) is 0 Å². The van der Waals surface area contributed by atoms with Crippen LogP contribution < -0.4 is 15.8 Å². The number of rotatable bonds is 3. The Hall–Kier alpha value is -1.26. The minimum absolute atomic E-state index is 0.164. The maximum atomic E-state index is 11.4. The quantitative estimate of drug-likeness (QED) is 0.896. The minimum atomic E-state index is -0.483. The van der Waals surface area contributed by atoms with Gasteiger partial charge in [-0.1, -0.05) is 24.4 Å². The van der Waals surface area contributed by atoms with E-state index in [9.17, 15) is 4.79 Å². The van der Waals surface area contributed by atoms with Gasteiger partial charge in [-0.05, 0) is 25.0 Å². The summed E-state index contributed by atoms with van der Waals surface area (Å²) in [6.45, 7) is 1.46. The topological polar surface area (TPSA) is 64.3 Å². The lowest BCUT2D eigenvalue weighted by molar-refractivity contribution is -0.114. The average molecular weight is 283 g/mol. The lowest BCUT2D eigenvalue weighted by Crippen LogP contribution is -2.34. The molecule has 0 unspecified atom stereocenters. The van der Waals surface area contributed by atoms with Crippen molar-refractivity contribution in [3.05, 3.63) is 22.7 Å². The highest BCUT2D eigenvalue weighted by atomic mass is 35.5. The van der Waals surface area contributed by atoms with Crippen LogP contribution in [-0.4, -0.2) is 13.0 Å². The van der Waals surface area contributed by atoms with E-state index in [0.717, 1.165) is 31.2 Å². The summed E-state index contributed by atoms with van der Waals surface area (Å²) in [5, 5.41) is 3.39. The van der Waals surface area contributed by atoms with Gasteiger partial charge in [0.05, 0.1) is 12.8 Å². The largest absolute Gasteiger partial charge is 0.495 e. The average Bonchev–Trinajstić information content (AvgIpc) is 2.76. The first-order chi connectivity index (χ1) is 8.98. The number of nitrogens with two attached hydrogens (primary N) is 1. The van der Waals surface area contributed by atoms with Crippen LogP contribution in [0.4, 0.5) is 5.69 Å². The number of ether oxygens (including phenoxy) is 1. The van der Waals surface area contributed by atoms with Crippen molar-refractivity contribution in [1.29, 1.82) is 0 Å². The summed E-state index contributed by atoms with van der Waals surface area (Å²) >= 11 is 6.32. The molecular formula is C14H19ClN2O2. The van der Waals surface area contributed by atoms with Crippen LogP contribution in [0.3, 0.4) is 0 Å². The molecule has 0 spiro atoms. The van der Waals surface area contributed by atoms with Crippen LogP contribution in [-0.2, 0) is 10.3 Å². The van der Waals surface area contributed by atoms with Crippen molar-refractivity contribution in [3.63, 3.8) is 0 Å². The summed E-state index contributed by atoms with van der Waals surface area (Å²) in [5.74, 6) is 0.426. The molecule has 3 N–H and O–H groups in total. The Labute approximate surface area is 118 Å². The molecule has 1 aromatic carbocycles. The lowest BCUT2D eigenvalue weighted by atomic mass is 9.87. The Kier molecular flexibility index (Phi) is 4.02. The number of hydrogen-bond donors (Lipinski definition) is 2. The maximum absolute atomic E-state index is 11.4. The van der Waals surface area contributed by atoms with E-state index in [1.807, 2.05) is 0 Å². The molecule has 1 saturated carbocycles. The molecule has 0 heterocycles. The molecule has 5 heteroatoms. The molecule has 1 amide bonds. The van der Waals surface area contributed by atoms with Gasteiger partial charge in [-0.2, -0.15) is 0 Å². The molecule has 104 valence electrons. The molecule has 2 rings (SSSR count). The van der Waals surface area contributed by atoms with Crippen molar-refractivity contribution >= 4 is 23.2 Å². The van der Waals surface area contributed by atoms with Crippen molar-refractivity contribution in [2.75, 3.05) is 12.4 Å². The molecule has 0 saturated heterocycles. The van der Waals surface area contributed by atoms with Gasteiger partial charge in [0.1, 0.15) is 5.75 Å². The molecule has 1 aromatic rings. The first-order valence-corrected chi connectivity index (χ1v) is 6.79. The van der Waals surface area contributed by atoms with Crippen LogP contribution in [0.15, 0.2) is 12.1 Å². The van der Waals surface area contributed by atoms with Crippen LogP contribution in [0.1, 0.15) is 38.2 Å². The third kappa shape index (κ3) is 2.69. The molecule has 0 aliphatic heterocycles. The van der Waals surface area contributed by atoms with Crippen molar-refractivity contribution in [1.82, 2.24) is 0 Å². The van der Waals surface area contributed by atoms with Gasteiger partial charge >= 0.3 is 0 Å². The summed E-state index contributed by atoms with van der Waals surface area (Å²) in [7, 11) is 1.57. The van der Waals surface area contributed by atoms with Gasteiger partial charge in [0.25, 0.3) is 0 Å². The van der Waals surface area contributed by atoms with Crippen LogP contribution in [0.5, 0.6) is 5.75 Å². The number of nitrogens with one attached hydrogen (secondary N) is 1. The fraction of sp³-hybridized carbons (Fsp3) is 0.500. The van der Waals surface area contributed by atoms with E-state index in [0.29, 0.717) is 16.5 Å². The van der Waals surface area contributed by atoms with Gasteiger partial charge in [-0.15, -0.1) is 0 Å². The van der Waals surface area contributed by atoms with Crippen molar-refractivity contribution in [3.8, 4) is 5.75 Å².